The van der Waals surface area contributed by atoms with E-state index >= 15 is 0 Å². The molecule has 23 heavy (non-hydrogen) atoms. The molecule has 0 bridgehead atoms. The van der Waals surface area contributed by atoms with Crippen molar-refractivity contribution in [2.75, 3.05) is 32.7 Å². The highest BCUT2D eigenvalue weighted by Gasteiger charge is 2.36. The van der Waals surface area contributed by atoms with Crippen molar-refractivity contribution in [3.63, 3.8) is 0 Å². The molecule has 120 valence electrons. The topological polar surface area (TPSA) is 6.48 Å². The largest absolute Gasteiger partial charge is 0.300 e. The number of piperazine rings is 1. The third kappa shape index (κ3) is 2.82. The molecule has 4 rings (SSSR count). The van der Waals surface area contributed by atoms with Crippen LogP contribution in [0.25, 0.3) is 0 Å². The first-order chi connectivity index (χ1) is 11.4. The molecule has 2 aliphatic rings. The Labute approximate surface area is 139 Å². The zero-order chi connectivity index (χ0) is 15.6. The lowest BCUT2D eigenvalue weighted by atomic mass is 9.80. The number of nitrogens with zero attached hydrogens (tertiary/aromatic N) is 2. The number of hydrogen-bond acceptors (Lipinski definition) is 2. The smallest absolute Gasteiger partial charge is 0.0479 e. The summed E-state index contributed by atoms with van der Waals surface area (Å²) in [5.74, 6) is 0.515. The molecule has 0 aromatic heterocycles. The van der Waals surface area contributed by atoms with Crippen LogP contribution in [0.4, 0.5) is 0 Å². The van der Waals surface area contributed by atoms with Crippen LogP contribution >= 0.6 is 0 Å². The lowest BCUT2D eigenvalue weighted by Gasteiger charge is -2.47. The summed E-state index contributed by atoms with van der Waals surface area (Å²) in [6.07, 6.45) is 1.25. The SMILES string of the molecule is CCCN1CCN2C[C@@H](c3ccccc3)c3ccccc3[C@@H]2C1. The van der Waals surface area contributed by atoms with Crippen molar-refractivity contribution >= 4 is 0 Å². The van der Waals surface area contributed by atoms with Gasteiger partial charge in [0.25, 0.3) is 0 Å². The summed E-state index contributed by atoms with van der Waals surface area (Å²) in [5, 5.41) is 0. The van der Waals surface area contributed by atoms with E-state index in [1.54, 1.807) is 11.1 Å². The molecule has 0 spiro atoms. The Bertz CT molecular complexity index is 652. The van der Waals surface area contributed by atoms with E-state index < -0.39 is 0 Å². The van der Waals surface area contributed by atoms with E-state index in [1.807, 2.05) is 0 Å². The summed E-state index contributed by atoms with van der Waals surface area (Å²) in [6, 6.07) is 20.7. The fraction of sp³-hybridized carbons (Fsp3) is 0.429. The second-order valence-electron chi connectivity index (χ2n) is 6.90. The molecule has 0 aliphatic carbocycles. The van der Waals surface area contributed by atoms with Crippen molar-refractivity contribution in [2.24, 2.45) is 0 Å². The molecule has 0 unspecified atom stereocenters. The third-order valence-electron chi connectivity index (χ3n) is 5.46. The lowest BCUT2D eigenvalue weighted by molar-refractivity contribution is 0.0628. The second-order valence-corrected chi connectivity index (χ2v) is 6.90. The maximum atomic E-state index is 2.71. The molecule has 2 heterocycles. The Morgan fingerprint density at radius 3 is 2.39 bits per heavy atom. The summed E-state index contributed by atoms with van der Waals surface area (Å²) in [5.41, 5.74) is 4.54. The van der Waals surface area contributed by atoms with Crippen LogP contribution in [0.5, 0.6) is 0 Å². The van der Waals surface area contributed by atoms with Crippen LogP contribution < -0.4 is 0 Å². The number of hydrogen-bond donors (Lipinski definition) is 0. The highest BCUT2D eigenvalue weighted by atomic mass is 15.3. The Balaban J connectivity index is 1.70. The first-order valence-corrected chi connectivity index (χ1v) is 8.97. The van der Waals surface area contributed by atoms with Crippen LogP contribution in [0.3, 0.4) is 0 Å². The molecule has 2 heteroatoms. The monoisotopic (exact) mass is 306 g/mol. The van der Waals surface area contributed by atoms with Crippen molar-refractivity contribution in [1.82, 2.24) is 9.80 Å². The molecule has 2 aliphatic heterocycles. The Hall–Kier alpha value is -1.64. The summed E-state index contributed by atoms with van der Waals surface area (Å²) in [7, 11) is 0. The van der Waals surface area contributed by atoms with Crippen LogP contribution in [-0.2, 0) is 0 Å². The van der Waals surface area contributed by atoms with E-state index in [0.717, 1.165) is 6.54 Å². The van der Waals surface area contributed by atoms with Gasteiger partial charge in [-0.3, -0.25) is 4.90 Å². The van der Waals surface area contributed by atoms with Gasteiger partial charge in [0.15, 0.2) is 0 Å². The molecule has 2 atom stereocenters. The molecule has 0 saturated carbocycles. The van der Waals surface area contributed by atoms with E-state index in [1.165, 1.54) is 38.2 Å². The van der Waals surface area contributed by atoms with Gasteiger partial charge in [0.2, 0.25) is 0 Å². The Kier molecular flexibility index (Phi) is 4.19. The van der Waals surface area contributed by atoms with Crippen molar-refractivity contribution in [3.05, 3.63) is 71.3 Å². The van der Waals surface area contributed by atoms with E-state index in [4.69, 9.17) is 0 Å². The fourth-order valence-corrected chi connectivity index (χ4v) is 4.34. The van der Waals surface area contributed by atoms with Crippen LogP contribution in [0.15, 0.2) is 54.6 Å². The van der Waals surface area contributed by atoms with Crippen LogP contribution in [0, 0.1) is 0 Å². The van der Waals surface area contributed by atoms with Crippen molar-refractivity contribution in [3.8, 4) is 0 Å². The molecule has 0 amide bonds. The second kappa shape index (κ2) is 6.46. The van der Waals surface area contributed by atoms with Crippen molar-refractivity contribution in [2.45, 2.75) is 25.3 Å². The van der Waals surface area contributed by atoms with Gasteiger partial charge in [-0.05, 0) is 29.7 Å². The van der Waals surface area contributed by atoms with Gasteiger partial charge in [-0.2, -0.15) is 0 Å². The van der Waals surface area contributed by atoms with Crippen molar-refractivity contribution < 1.29 is 0 Å². The van der Waals surface area contributed by atoms with Gasteiger partial charge in [0.05, 0.1) is 0 Å². The maximum absolute atomic E-state index is 2.71. The maximum Gasteiger partial charge on any atom is 0.0479 e. The number of fused-ring (bicyclic) bond motifs is 3. The highest BCUT2D eigenvalue weighted by molar-refractivity contribution is 5.42. The van der Waals surface area contributed by atoms with E-state index in [2.05, 4.69) is 71.3 Å². The van der Waals surface area contributed by atoms with Gasteiger partial charge in [-0.1, -0.05) is 61.5 Å². The third-order valence-corrected chi connectivity index (χ3v) is 5.46. The van der Waals surface area contributed by atoms with Crippen LogP contribution in [0.2, 0.25) is 0 Å². The fourth-order valence-electron chi connectivity index (χ4n) is 4.34. The van der Waals surface area contributed by atoms with Gasteiger partial charge in [0.1, 0.15) is 0 Å². The van der Waals surface area contributed by atoms with Crippen LogP contribution in [0.1, 0.15) is 42.0 Å². The minimum absolute atomic E-state index is 0.515. The van der Waals surface area contributed by atoms with Crippen molar-refractivity contribution in [1.29, 1.82) is 0 Å². The minimum atomic E-state index is 0.515. The van der Waals surface area contributed by atoms with Gasteiger partial charge >= 0.3 is 0 Å². The first-order valence-electron chi connectivity index (χ1n) is 8.97. The molecule has 0 radical (unpaired) electrons. The quantitative estimate of drug-likeness (QED) is 0.848. The summed E-state index contributed by atoms with van der Waals surface area (Å²) < 4.78 is 0. The van der Waals surface area contributed by atoms with Crippen LogP contribution in [-0.4, -0.2) is 42.5 Å². The van der Waals surface area contributed by atoms with Gasteiger partial charge in [-0.25, -0.2) is 0 Å². The molecular weight excluding hydrogens is 280 g/mol. The molecule has 2 aromatic rings. The number of benzene rings is 2. The highest BCUT2D eigenvalue weighted by Crippen LogP contribution is 2.40. The van der Waals surface area contributed by atoms with Gasteiger partial charge < -0.3 is 4.90 Å². The van der Waals surface area contributed by atoms with E-state index in [-0.39, 0.29) is 0 Å². The number of rotatable bonds is 3. The standard InChI is InChI=1S/C21H26N2/c1-2-12-22-13-14-23-15-20(17-8-4-3-5-9-17)18-10-6-7-11-19(18)21(23)16-22/h3-11,20-21H,2,12-16H2,1H3/t20-,21-/m0/s1. The van der Waals surface area contributed by atoms with Gasteiger partial charge in [-0.15, -0.1) is 0 Å². The molecular formula is C21H26N2. The summed E-state index contributed by atoms with van der Waals surface area (Å²) >= 11 is 0. The zero-order valence-corrected chi connectivity index (χ0v) is 14.0. The predicted molar refractivity (Wildman–Crippen MR) is 95.8 cm³/mol. The zero-order valence-electron chi connectivity index (χ0n) is 14.0. The first kappa shape index (κ1) is 14.9. The Morgan fingerprint density at radius 1 is 0.870 bits per heavy atom. The predicted octanol–water partition coefficient (Wildman–Crippen LogP) is 3.90. The lowest BCUT2D eigenvalue weighted by Crippen LogP contribution is -2.51. The molecule has 2 nitrogen and oxygen atoms in total. The Morgan fingerprint density at radius 2 is 1.61 bits per heavy atom. The summed E-state index contributed by atoms with van der Waals surface area (Å²) in [6.45, 7) is 8.27. The van der Waals surface area contributed by atoms with E-state index in [9.17, 15) is 0 Å². The average Bonchev–Trinajstić information content (AvgIpc) is 2.62. The molecule has 2 aromatic carbocycles. The molecule has 0 N–H and O–H groups in total. The summed E-state index contributed by atoms with van der Waals surface area (Å²) in [4.78, 5) is 5.35. The molecule has 1 saturated heterocycles. The molecule has 1 fully saturated rings. The van der Waals surface area contributed by atoms with Gasteiger partial charge in [0, 0.05) is 38.1 Å². The van der Waals surface area contributed by atoms with E-state index in [0.29, 0.717) is 12.0 Å². The minimum Gasteiger partial charge on any atom is -0.300 e. The average molecular weight is 306 g/mol. The normalized spacial score (nSPS) is 24.9.